The molecule has 158 valence electrons. The van der Waals surface area contributed by atoms with Crippen molar-refractivity contribution in [3.63, 3.8) is 0 Å². The summed E-state index contributed by atoms with van der Waals surface area (Å²) in [5.74, 6) is 0.778. The molecule has 1 heterocycles. The summed E-state index contributed by atoms with van der Waals surface area (Å²) in [6, 6.07) is 11.5. The van der Waals surface area contributed by atoms with Crippen molar-refractivity contribution in [1.29, 1.82) is 0 Å². The lowest BCUT2D eigenvalue weighted by molar-refractivity contribution is -0.118. The highest BCUT2D eigenvalue weighted by Crippen LogP contribution is 2.29. The minimum Gasteiger partial charge on any atom is -0.483 e. The van der Waals surface area contributed by atoms with Crippen LogP contribution in [0.5, 0.6) is 5.75 Å². The number of carbonyl (C=O) groups is 2. The highest BCUT2D eigenvalue weighted by Gasteiger charge is 2.12. The van der Waals surface area contributed by atoms with Crippen molar-refractivity contribution >= 4 is 44.2 Å². The summed E-state index contributed by atoms with van der Waals surface area (Å²) in [5.41, 5.74) is 3.62. The Bertz CT molecular complexity index is 1060. The Hall–Kier alpha value is -2.93. The van der Waals surface area contributed by atoms with Crippen LogP contribution in [0.25, 0.3) is 10.2 Å². The molecule has 2 N–H and O–H groups in total. The summed E-state index contributed by atoms with van der Waals surface area (Å²) in [7, 11) is 0. The van der Waals surface area contributed by atoms with Gasteiger partial charge in [-0.15, -0.1) is 0 Å². The summed E-state index contributed by atoms with van der Waals surface area (Å²) >= 11 is 1.38. The van der Waals surface area contributed by atoms with Crippen molar-refractivity contribution in [2.24, 2.45) is 0 Å². The van der Waals surface area contributed by atoms with Crippen molar-refractivity contribution in [2.75, 3.05) is 17.2 Å². The smallest absolute Gasteiger partial charge is 0.262 e. The molecular weight excluding hydrogens is 398 g/mol. The maximum absolute atomic E-state index is 12.4. The number of hydrogen-bond donors (Lipinski definition) is 2. The molecule has 0 saturated heterocycles. The number of aromatic nitrogens is 1. The molecule has 1 aromatic heterocycles. The molecule has 0 atom stereocenters. The number of carbonyl (C=O) groups excluding carboxylic acids is 2. The first kappa shape index (κ1) is 21.8. The number of hydrogen-bond acceptors (Lipinski definition) is 5. The Labute approximate surface area is 180 Å². The first-order valence-corrected chi connectivity index (χ1v) is 10.9. The zero-order valence-corrected chi connectivity index (χ0v) is 18.6. The SMILES string of the molecule is CCCC(=O)Nc1nc2ccc(NC(=O)COc3cc(C)ccc3C(C)C)cc2s1. The van der Waals surface area contributed by atoms with Crippen LogP contribution in [0.1, 0.15) is 50.7 Å². The molecule has 30 heavy (non-hydrogen) atoms. The number of ether oxygens (including phenoxy) is 1. The van der Waals surface area contributed by atoms with Gasteiger partial charge in [0.1, 0.15) is 5.75 Å². The van der Waals surface area contributed by atoms with Gasteiger partial charge in [0.2, 0.25) is 5.91 Å². The predicted molar refractivity (Wildman–Crippen MR) is 123 cm³/mol. The van der Waals surface area contributed by atoms with Crippen LogP contribution in [0, 0.1) is 6.92 Å². The van der Waals surface area contributed by atoms with E-state index in [-0.39, 0.29) is 18.4 Å². The first-order valence-electron chi connectivity index (χ1n) is 10.1. The fourth-order valence-electron chi connectivity index (χ4n) is 3.05. The zero-order chi connectivity index (χ0) is 21.7. The molecule has 2 amide bonds. The number of anilines is 2. The molecule has 0 fully saturated rings. The topological polar surface area (TPSA) is 80.3 Å². The van der Waals surface area contributed by atoms with Crippen LogP contribution >= 0.6 is 11.3 Å². The standard InChI is InChI=1S/C23H27N3O3S/c1-5-6-21(27)26-23-25-18-10-8-16(12-20(18)30-23)24-22(28)13-29-19-11-15(4)7-9-17(19)14(2)3/h7-12,14H,5-6,13H2,1-4H3,(H,24,28)(H,25,26,27). The second-order valence-electron chi connectivity index (χ2n) is 7.53. The van der Waals surface area contributed by atoms with E-state index in [2.05, 4.69) is 29.5 Å². The quantitative estimate of drug-likeness (QED) is 0.500. The summed E-state index contributed by atoms with van der Waals surface area (Å²) in [6.07, 6.45) is 1.26. The average molecular weight is 426 g/mol. The van der Waals surface area contributed by atoms with Gasteiger partial charge in [0, 0.05) is 12.1 Å². The lowest BCUT2D eigenvalue weighted by Gasteiger charge is -2.14. The molecule has 0 bridgehead atoms. The van der Waals surface area contributed by atoms with Crippen LogP contribution < -0.4 is 15.4 Å². The number of aryl methyl sites for hydroxylation is 1. The maximum Gasteiger partial charge on any atom is 0.262 e. The minimum atomic E-state index is -0.230. The second-order valence-corrected chi connectivity index (χ2v) is 8.56. The molecule has 0 spiro atoms. The Balaban J connectivity index is 1.64. The van der Waals surface area contributed by atoms with E-state index in [1.807, 2.05) is 44.2 Å². The van der Waals surface area contributed by atoms with Crippen LogP contribution in [-0.4, -0.2) is 23.4 Å². The van der Waals surface area contributed by atoms with Gasteiger partial charge in [-0.1, -0.05) is 44.2 Å². The van der Waals surface area contributed by atoms with Crippen LogP contribution in [0.3, 0.4) is 0 Å². The van der Waals surface area contributed by atoms with E-state index >= 15 is 0 Å². The molecular formula is C23H27N3O3S. The van der Waals surface area contributed by atoms with E-state index in [9.17, 15) is 9.59 Å². The third-order valence-corrected chi connectivity index (χ3v) is 5.48. The van der Waals surface area contributed by atoms with E-state index in [1.54, 1.807) is 6.07 Å². The number of fused-ring (bicyclic) bond motifs is 1. The summed E-state index contributed by atoms with van der Waals surface area (Å²) in [4.78, 5) is 28.6. The molecule has 0 aliphatic rings. The van der Waals surface area contributed by atoms with Crippen molar-refractivity contribution < 1.29 is 14.3 Å². The number of rotatable bonds is 8. The van der Waals surface area contributed by atoms with Gasteiger partial charge in [0.05, 0.1) is 10.2 Å². The Kier molecular flexibility index (Phi) is 7.05. The predicted octanol–water partition coefficient (Wildman–Crippen LogP) is 5.48. The van der Waals surface area contributed by atoms with Gasteiger partial charge >= 0.3 is 0 Å². The monoisotopic (exact) mass is 425 g/mol. The molecule has 0 aliphatic carbocycles. The Morgan fingerprint density at radius 2 is 1.90 bits per heavy atom. The summed E-state index contributed by atoms with van der Waals surface area (Å²) < 4.78 is 6.69. The largest absolute Gasteiger partial charge is 0.483 e. The molecule has 3 rings (SSSR count). The van der Waals surface area contributed by atoms with Crippen LogP contribution in [0.15, 0.2) is 36.4 Å². The molecule has 6 nitrogen and oxygen atoms in total. The number of amides is 2. The fraction of sp³-hybridized carbons (Fsp3) is 0.348. The van der Waals surface area contributed by atoms with Gasteiger partial charge in [0.25, 0.3) is 5.91 Å². The highest BCUT2D eigenvalue weighted by molar-refractivity contribution is 7.22. The van der Waals surface area contributed by atoms with Gasteiger partial charge in [0.15, 0.2) is 11.7 Å². The molecule has 2 aromatic carbocycles. The second kappa shape index (κ2) is 9.71. The van der Waals surface area contributed by atoms with E-state index < -0.39 is 0 Å². The molecule has 0 unspecified atom stereocenters. The Morgan fingerprint density at radius 3 is 2.63 bits per heavy atom. The third kappa shape index (κ3) is 5.57. The molecule has 7 heteroatoms. The van der Waals surface area contributed by atoms with E-state index in [0.29, 0.717) is 23.2 Å². The van der Waals surface area contributed by atoms with Gasteiger partial charge in [-0.2, -0.15) is 0 Å². The van der Waals surface area contributed by atoms with Crippen LogP contribution in [0.4, 0.5) is 10.8 Å². The lowest BCUT2D eigenvalue weighted by Crippen LogP contribution is -2.20. The molecule has 0 radical (unpaired) electrons. The van der Waals surface area contributed by atoms with Crippen molar-refractivity contribution in [3.8, 4) is 5.75 Å². The minimum absolute atomic E-state index is 0.0425. The summed E-state index contributed by atoms with van der Waals surface area (Å²) in [6.45, 7) is 8.09. The maximum atomic E-state index is 12.4. The van der Waals surface area contributed by atoms with Crippen molar-refractivity contribution in [2.45, 2.75) is 46.5 Å². The fourth-order valence-corrected chi connectivity index (χ4v) is 3.97. The number of nitrogens with zero attached hydrogens (tertiary/aromatic N) is 1. The van der Waals surface area contributed by atoms with Crippen LogP contribution in [-0.2, 0) is 9.59 Å². The third-order valence-electron chi connectivity index (χ3n) is 4.55. The van der Waals surface area contributed by atoms with E-state index in [0.717, 1.165) is 33.5 Å². The van der Waals surface area contributed by atoms with E-state index in [1.165, 1.54) is 11.3 Å². The zero-order valence-electron chi connectivity index (χ0n) is 17.7. The number of thiazole rings is 1. The lowest BCUT2D eigenvalue weighted by atomic mass is 10.0. The molecule has 3 aromatic rings. The van der Waals surface area contributed by atoms with Gasteiger partial charge in [-0.3, -0.25) is 9.59 Å². The first-order chi connectivity index (χ1) is 14.4. The van der Waals surface area contributed by atoms with Gasteiger partial charge in [-0.05, 0) is 54.7 Å². The molecule has 0 saturated carbocycles. The average Bonchev–Trinajstić information content (AvgIpc) is 3.07. The van der Waals surface area contributed by atoms with Crippen molar-refractivity contribution in [3.05, 3.63) is 47.5 Å². The molecule has 0 aliphatic heterocycles. The number of benzene rings is 2. The highest BCUT2D eigenvalue weighted by atomic mass is 32.1. The number of nitrogens with one attached hydrogen (secondary N) is 2. The van der Waals surface area contributed by atoms with E-state index in [4.69, 9.17) is 4.74 Å². The van der Waals surface area contributed by atoms with Crippen molar-refractivity contribution in [1.82, 2.24) is 4.98 Å². The van der Waals surface area contributed by atoms with Gasteiger partial charge < -0.3 is 15.4 Å². The Morgan fingerprint density at radius 1 is 1.10 bits per heavy atom. The summed E-state index contributed by atoms with van der Waals surface area (Å²) in [5, 5.41) is 6.24. The van der Waals surface area contributed by atoms with Crippen LogP contribution in [0.2, 0.25) is 0 Å². The normalized spacial score (nSPS) is 11.0. The van der Waals surface area contributed by atoms with Gasteiger partial charge in [-0.25, -0.2) is 4.98 Å².